The summed E-state index contributed by atoms with van der Waals surface area (Å²) in [7, 11) is 0. The summed E-state index contributed by atoms with van der Waals surface area (Å²) in [6.07, 6.45) is 13.5. The van der Waals surface area contributed by atoms with E-state index in [4.69, 9.17) is 0 Å². The van der Waals surface area contributed by atoms with Crippen molar-refractivity contribution in [1.82, 2.24) is 0 Å². The molecule has 4 fully saturated rings. The van der Waals surface area contributed by atoms with Crippen molar-refractivity contribution < 1.29 is 0 Å². The molecule has 61 heavy (non-hydrogen) atoms. The lowest BCUT2D eigenvalue weighted by Gasteiger charge is -2.63. The number of thiophene rings is 1. The molecule has 4 aliphatic rings. The highest BCUT2D eigenvalue weighted by Gasteiger charge is 2.58. The van der Waals surface area contributed by atoms with Gasteiger partial charge in [0.15, 0.2) is 0 Å². The predicted octanol–water partition coefficient (Wildman–Crippen LogP) is 16.8. The van der Waals surface area contributed by atoms with Gasteiger partial charge in [-0.25, -0.2) is 0 Å². The molecule has 2 nitrogen and oxygen atoms in total. The molecule has 8 aromatic rings. The van der Waals surface area contributed by atoms with Gasteiger partial charge in [0.2, 0.25) is 0 Å². The molecule has 1 heterocycles. The van der Waals surface area contributed by atoms with Crippen molar-refractivity contribution in [1.29, 1.82) is 0 Å². The fourth-order valence-electron chi connectivity index (χ4n) is 12.1. The van der Waals surface area contributed by atoms with Gasteiger partial charge in [0.05, 0.1) is 0 Å². The molecule has 12 rings (SSSR count). The lowest BCUT2D eigenvalue weighted by Crippen LogP contribution is -2.55. The van der Waals surface area contributed by atoms with Gasteiger partial charge >= 0.3 is 0 Å². The van der Waals surface area contributed by atoms with Gasteiger partial charge in [0.25, 0.3) is 0 Å². The number of aryl methyl sites for hydroxylation is 1. The second-order valence-electron chi connectivity index (χ2n) is 18.5. The normalized spacial score (nSPS) is 21.5. The summed E-state index contributed by atoms with van der Waals surface area (Å²) in [5.41, 5.74) is 13.3. The Kier molecular flexibility index (Phi) is 9.69. The molecule has 4 saturated carbocycles. The Bertz CT molecular complexity index is 2770. The molecule has 4 aliphatic carbocycles. The summed E-state index contributed by atoms with van der Waals surface area (Å²) in [6.45, 7) is 6.30. The third-order valence-electron chi connectivity index (χ3n) is 14.6. The number of hydrogen-bond acceptors (Lipinski definition) is 3. The maximum absolute atomic E-state index is 4.02. The largest absolute Gasteiger partial charge is 0.310 e. The van der Waals surface area contributed by atoms with E-state index < -0.39 is 0 Å². The van der Waals surface area contributed by atoms with Crippen molar-refractivity contribution in [2.24, 2.45) is 11.8 Å². The fourth-order valence-corrected chi connectivity index (χ4v) is 13.2. The molecular formula is C58H54N2S. The van der Waals surface area contributed by atoms with Gasteiger partial charge in [-0.1, -0.05) is 111 Å². The number of rotatable bonds is 12. The molecule has 1 aromatic heterocycles. The van der Waals surface area contributed by atoms with Crippen molar-refractivity contribution >= 4 is 71.7 Å². The molecule has 0 aliphatic heterocycles. The van der Waals surface area contributed by atoms with Crippen LogP contribution in [-0.4, -0.2) is 0 Å². The highest BCUT2D eigenvalue weighted by Crippen LogP contribution is 2.66. The van der Waals surface area contributed by atoms with Crippen LogP contribution in [0.5, 0.6) is 0 Å². The van der Waals surface area contributed by atoms with E-state index in [-0.39, 0.29) is 10.8 Å². The van der Waals surface area contributed by atoms with Crippen LogP contribution in [0.15, 0.2) is 176 Å². The van der Waals surface area contributed by atoms with Gasteiger partial charge in [0, 0.05) is 54.3 Å². The quantitative estimate of drug-likeness (QED) is 0.121. The zero-order valence-electron chi connectivity index (χ0n) is 35.3. The predicted molar refractivity (Wildman–Crippen MR) is 262 cm³/mol. The van der Waals surface area contributed by atoms with Gasteiger partial charge in [-0.3, -0.25) is 0 Å². The van der Waals surface area contributed by atoms with Crippen molar-refractivity contribution in [2.75, 3.05) is 9.80 Å². The zero-order valence-corrected chi connectivity index (χ0v) is 36.1. The lowest BCUT2D eigenvalue weighted by atomic mass is 9.42. The maximum atomic E-state index is 4.02. The second kappa shape index (κ2) is 15.5. The standard InChI is InChI=1S/C58H54N2S/c1-3-5-12-42-19-25-49(26-20-42)60(50-27-23-46(24-28-50)58-38-43-33-44(39-58)37-57(36-43,40-58)45-21-17-41(4-2)18-22-45)52-30-32-56-54(35-52)53-34-51(29-31-55(53)61-56)59(47-13-8-6-9-14-47)48-15-10-7-11-16-48/h4,6-11,13-32,34-35,43-44H,2-3,5,12,33,36-40H2,1H3. The van der Waals surface area contributed by atoms with E-state index in [1.165, 1.54) is 99.7 Å². The molecular weight excluding hydrogens is 757 g/mol. The summed E-state index contributed by atoms with van der Waals surface area (Å²) < 4.78 is 2.61. The van der Waals surface area contributed by atoms with Crippen LogP contribution in [0.3, 0.4) is 0 Å². The maximum Gasteiger partial charge on any atom is 0.0468 e. The zero-order chi connectivity index (χ0) is 41.0. The number of para-hydroxylation sites is 2. The summed E-state index contributed by atoms with van der Waals surface area (Å²) >= 11 is 1.88. The van der Waals surface area contributed by atoms with Crippen molar-refractivity contribution in [3.8, 4) is 0 Å². The van der Waals surface area contributed by atoms with Crippen molar-refractivity contribution in [3.05, 3.63) is 199 Å². The number of benzene rings is 7. The van der Waals surface area contributed by atoms with E-state index in [0.717, 1.165) is 35.3 Å². The van der Waals surface area contributed by atoms with Gasteiger partial charge < -0.3 is 9.80 Å². The molecule has 2 unspecified atom stereocenters. The van der Waals surface area contributed by atoms with E-state index in [1.807, 2.05) is 17.4 Å². The number of hydrogen-bond donors (Lipinski definition) is 0. The minimum atomic E-state index is 0.241. The molecule has 0 N–H and O–H groups in total. The first kappa shape index (κ1) is 38.1. The Morgan fingerprint density at radius 3 is 1.46 bits per heavy atom. The summed E-state index contributed by atoms with van der Waals surface area (Å²) in [4.78, 5) is 4.85. The Morgan fingerprint density at radius 2 is 0.984 bits per heavy atom. The van der Waals surface area contributed by atoms with Crippen LogP contribution in [0.4, 0.5) is 34.1 Å². The Balaban J connectivity index is 0.986. The molecule has 7 aromatic carbocycles. The van der Waals surface area contributed by atoms with Crippen molar-refractivity contribution in [3.63, 3.8) is 0 Å². The molecule has 0 saturated heterocycles. The average Bonchev–Trinajstić information content (AvgIpc) is 3.67. The van der Waals surface area contributed by atoms with Gasteiger partial charge in [-0.2, -0.15) is 0 Å². The SMILES string of the molecule is C=Cc1ccc(C23CC4CC(C2)CC(c2ccc(N(c5ccc(CCCC)cc5)c5ccc6sc7ccc(N(c8ccccc8)c8ccccc8)cc7c6c5)cc2)(C4)C3)cc1. The second-order valence-corrected chi connectivity index (χ2v) is 19.6. The Morgan fingerprint density at radius 1 is 0.541 bits per heavy atom. The van der Waals surface area contributed by atoms with Crippen molar-refractivity contribution in [2.45, 2.75) is 75.5 Å². The molecule has 3 heteroatoms. The van der Waals surface area contributed by atoms with Gasteiger partial charge in [-0.15, -0.1) is 11.3 Å². The minimum Gasteiger partial charge on any atom is -0.310 e. The van der Waals surface area contributed by atoms with E-state index in [1.54, 1.807) is 11.1 Å². The molecule has 302 valence electrons. The van der Waals surface area contributed by atoms with Crippen LogP contribution < -0.4 is 9.80 Å². The molecule has 0 radical (unpaired) electrons. The van der Waals surface area contributed by atoms with Gasteiger partial charge in [0.1, 0.15) is 0 Å². The Labute approximate surface area is 365 Å². The number of unbranched alkanes of at least 4 members (excludes halogenated alkanes) is 1. The number of nitrogens with zero attached hydrogens (tertiary/aromatic N) is 2. The number of fused-ring (bicyclic) bond motifs is 3. The van der Waals surface area contributed by atoms with E-state index in [9.17, 15) is 0 Å². The monoisotopic (exact) mass is 810 g/mol. The van der Waals surface area contributed by atoms with Crippen LogP contribution >= 0.6 is 11.3 Å². The molecule has 0 amide bonds. The van der Waals surface area contributed by atoms with E-state index >= 15 is 0 Å². The van der Waals surface area contributed by atoms with Crippen LogP contribution in [0.2, 0.25) is 0 Å². The van der Waals surface area contributed by atoms with E-state index in [0.29, 0.717) is 0 Å². The van der Waals surface area contributed by atoms with Crippen LogP contribution in [0.1, 0.15) is 80.5 Å². The third-order valence-corrected chi connectivity index (χ3v) is 15.7. The van der Waals surface area contributed by atoms with Crippen LogP contribution in [0, 0.1) is 11.8 Å². The van der Waals surface area contributed by atoms with Crippen LogP contribution in [-0.2, 0) is 17.3 Å². The first-order valence-corrected chi connectivity index (χ1v) is 23.4. The number of anilines is 6. The first-order valence-electron chi connectivity index (χ1n) is 22.6. The molecule has 2 atom stereocenters. The third kappa shape index (κ3) is 6.88. The van der Waals surface area contributed by atoms with E-state index in [2.05, 4.69) is 193 Å². The smallest absolute Gasteiger partial charge is 0.0468 e. The van der Waals surface area contributed by atoms with Crippen LogP contribution in [0.25, 0.3) is 26.2 Å². The lowest BCUT2D eigenvalue weighted by molar-refractivity contribution is -0.0281. The summed E-state index contributed by atoms with van der Waals surface area (Å²) in [5, 5.41) is 2.58. The van der Waals surface area contributed by atoms with Gasteiger partial charge in [-0.05, 0) is 181 Å². The Hall–Kier alpha value is -5.90. The summed E-state index contributed by atoms with van der Waals surface area (Å²) in [6, 6.07) is 64.2. The molecule has 0 spiro atoms. The minimum absolute atomic E-state index is 0.241. The highest BCUT2D eigenvalue weighted by molar-refractivity contribution is 7.25. The fraction of sp³-hybridized carbons (Fsp3) is 0.241. The summed E-state index contributed by atoms with van der Waals surface area (Å²) in [5.74, 6) is 1.62. The topological polar surface area (TPSA) is 6.48 Å². The highest BCUT2D eigenvalue weighted by atomic mass is 32.1. The molecule has 4 bridgehead atoms. The average molecular weight is 811 g/mol. The first-order chi connectivity index (χ1) is 30.0.